The van der Waals surface area contributed by atoms with Gasteiger partial charge in [-0.05, 0) is 38.1 Å². The zero-order valence-corrected chi connectivity index (χ0v) is 12.4. The van der Waals surface area contributed by atoms with Crippen LogP contribution >= 0.6 is 0 Å². The molecular formula is C17H16N2O3. The van der Waals surface area contributed by atoms with Crippen LogP contribution in [-0.2, 0) is 4.79 Å². The number of benzene rings is 2. The summed E-state index contributed by atoms with van der Waals surface area (Å²) in [5, 5.41) is 2.81. The van der Waals surface area contributed by atoms with E-state index in [1.165, 1.54) is 4.57 Å². The molecule has 0 aliphatic heterocycles. The summed E-state index contributed by atoms with van der Waals surface area (Å²) >= 11 is 0. The van der Waals surface area contributed by atoms with Crippen LogP contribution in [0.15, 0.2) is 57.7 Å². The summed E-state index contributed by atoms with van der Waals surface area (Å²) in [5.41, 5.74) is 2.90. The first-order valence-corrected chi connectivity index (χ1v) is 7.04. The second-order valence-electron chi connectivity index (χ2n) is 5.24. The molecule has 0 fully saturated rings. The first-order valence-electron chi connectivity index (χ1n) is 7.04. The van der Waals surface area contributed by atoms with Crippen molar-refractivity contribution >= 4 is 22.7 Å². The zero-order valence-electron chi connectivity index (χ0n) is 12.4. The summed E-state index contributed by atoms with van der Waals surface area (Å²) in [4.78, 5) is 24.4. The number of anilines is 1. The fraction of sp³-hybridized carbons (Fsp3) is 0.176. The molecule has 5 heteroatoms. The van der Waals surface area contributed by atoms with E-state index < -0.39 is 11.8 Å². The van der Waals surface area contributed by atoms with E-state index >= 15 is 0 Å². The van der Waals surface area contributed by atoms with Crippen LogP contribution in [0.1, 0.15) is 18.5 Å². The molecule has 0 unspecified atom stereocenters. The van der Waals surface area contributed by atoms with Crippen molar-refractivity contribution in [3.8, 4) is 0 Å². The molecule has 22 heavy (non-hydrogen) atoms. The minimum atomic E-state index is -0.669. The summed E-state index contributed by atoms with van der Waals surface area (Å²) in [6.45, 7) is 3.65. The van der Waals surface area contributed by atoms with E-state index in [-0.39, 0.29) is 5.91 Å². The standard InChI is InChI=1S/C17H16N2O3/c1-11-7-9-13(10-8-11)18-16(20)12(2)19-14-5-3-4-6-15(14)22-17(19)21/h3-10,12H,1-2H3,(H,18,20)/t12-/m0/s1. The van der Waals surface area contributed by atoms with Crippen LogP contribution in [0.5, 0.6) is 0 Å². The number of fused-ring (bicyclic) bond motifs is 1. The van der Waals surface area contributed by atoms with Gasteiger partial charge < -0.3 is 9.73 Å². The summed E-state index contributed by atoms with van der Waals surface area (Å²) < 4.78 is 6.52. The highest BCUT2D eigenvalue weighted by Gasteiger charge is 2.21. The molecule has 3 rings (SSSR count). The maximum Gasteiger partial charge on any atom is 0.420 e. The van der Waals surface area contributed by atoms with E-state index in [2.05, 4.69) is 5.32 Å². The number of oxazole rings is 1. The normalized spacial score (nSPS) is 12.3. The van der Waals surface area contributed by atoms with Crippen molar-refractivity contribution in [3.63, 3.8) is 0 Å². The highest BCUT2D eigenvalue weighted by Crippen LogP contribution is 2.18. The van der Waals surface area contributed by atoms with Gasteiger partial charge in [0.15, 0.2) is 5.58 Å². The predicted molar refractivity (Wildman–Crippen MR) is 85.0 cm³/mol. The Bertz CT molecular complexity index is 875. The van der Waals surface area contributed by atoms with Crippen LogP contribution in [-0.4, -0.2) is 10.5 Å². The first-order chi connectivity index (χ1) is 10.6. The summed E-state index contributed by atoms with van der Waals surface area (Å²) in [6, 6.07) is 13.9. The molecule has 1 heterocycles. The van der Waals surface area contributed by atoms with Gasteiger partial charge in [0.05, 0.1) is 5.52 Å². The third kappa shape index (κ3) is 2.53. The van der Waals surface area contributed by atoms with Crippen LogP contribution in [0.4, 0.5) is 5.69 Å². The Hall–Kier alpha value is -2.82. The van der Waals surface area contributed by atoms with Gasteiger partial charge >= 0.3 is 5.76 Å². The van der Waals surface area contributed by atoms with E-state index in [1.54, 1.807) is 31.2 Å². The third-order valence-electron chi connectivity index (χ3n) is 3.60. The maximum absolute atomic E-state index is 12.4. The lowest BCUT2D eigenvalue weighted by molar-refractivity contribution is -0.118. The minimum Gasteiger partial charge on any atom is -0.408 e. The fourth-order valence-electron chi connectivity index (χ4n) is 2.35. The zero-order chi connectivity index (χ0) is 15.7. The monoisotopic (exact) mass is 296 g/mol. The number of aryl methyl sites for hydroxylation is 1. The minimum absolute atomic E-state index is 0.266. The smallest absolute Gasteiger partial charge is 0.408 e. The molecule has 3 aromatic rings. The summed E-state index contributed by atoms with van der Waals surface area (Å²) in [6.07, 6.45) is 0. The number of nitrogens with one attached hydrogen (secondary N) is 1. The van der Waals surface area contributed by atoms with Gasteiger partial charge in [-0.2, -0.15) is 0 Å². The Morgan fingerprint density at radius 3 is 2.55 bits per heavy atom. The molecule has 1 N–H and O–H groups in total. The molecule has 0 saturated carbocycles. The van der Waals surface area contributed by atoms with Gasteiger partial charge in [-0.15, -0.1) is 0 Å². The SMILES string of the molecule is Cc1ccc(NC(=O)[C@H](C)n2c(=O)oc3ccccc32)cc1. The number of carbonyl (C=O) groups is 1. The van der Waals surface area contributed by atoms with Crippen molar-refractivity contribution in [2.75, 3.05) is 5.32 Å². The number of carbonyl (C=O) groups excluding carboxylic acids is 1. The molecule has 0 aliphatic rings. The number of nitrogens with zero attached hydrogens (tertiary/aromatic N) is 1. The van der Waals surface area contributed by atoms with Gasteiger partial charge in [0, 0.05) is 5.69 Å². The summed E-state index contributed by atoms with van der Waals surface area (Å²) in [5.74, 6) is -0.801. The van der Waals surface area contributed by atoms with E-state index in [4.69, 9.17) is 4.42 Å². The molecule has 112 valence electrons. The number of hydrogen-bond acceptors (Lipinski definition) is 3. The lowest BCUT2D eigenvalue weighted by atomic mass is 10.2. The van der Waals surface area contributed by atoms with E-state index in [0.717, 1.165) is 5.56 Å². The molecule has 1 amide bonds. The molecule has 2 aromatic carbocycles. The van der Waals surface area contributed by atoms with Crippen LogP contribution in [0, 0.1) is 6.92 Å². The second kappa shape index (κ2) is 5.52. The maximum atomic E-state index is 12.4. The number of para-hydroxylation sites is 2. The van der Waals surface area contributed by atoms with E-state index in [0.29, 0.717) is 16.8 Å². The van der Waals surface area contributed by atoms with Gasteiger partial charge in [-0.3, -0.25) is 9.36 Å². The van der Waals surface area contributed by atoms with E-state index in [9.17, 15) is 9.59 Å². The topological polar surface area (TPSA) is 64.2 Å². The average molecular weight is 296 g/mol. The summed E-state index contributed by atoms with van der Waals surface area (Å²) in [7, 11) is 0. The van der Waals surface area contributed by atoms with Gasteiger partial charge in [0.25, 0.3) is 0 Å². The lowest BCUT2D eigenvalue weighted by Crippen LogP contribution is -2.29. The molecule has 0 saturated heterocycles. The highest BCUT2D eigenvalue weighted by molar-refractivity contribution is 5.94. The van der Waals surface area contributed by atoms with Gasteiger partial charge in [0.1, 0.15) is 6.04 Å². The Morgan fingerprint density at radius 2 is 1.82 bits per heavy atom. The van der Waals surface area contributed by atoms with Crippen molar-refractivity contribution in [2.24, 2.45) is 0 Å². The Balaban J connectivity index is 1.90. The average Bonchev–Trinajstić information content (AvgIpc) is 2.84. The molecule has 0 bridgehead atoms. The molecule has 0 spiro atoms. The van der Waals surface area contributed by atoms with Crippen molar-refractivity contribution in [2.45, 2.75) is 19.9 Å². The van der Waals surface area contributed by atoms with Crippen LogP contribution in [0.2, 0.25) is 0 Å². The molecular weight excluding hydrogens is 280 g/mol. The number of hydrogen-bond donors (Lipinski definition) is 1. The van der Waals surface area contributed by atoms with Crippen molar-refractivity contribution in [3.05, 3.63) is 64.6 Å². The Morgan fingerprint density at radius 1 is 1.14 bits per heavy atom. The quantitative estimate of drug-likeness (QED) is 0.807. The van der Waals surface area contributed by atoms with Gasteiger partial charge in [-0.1, -0.05) is 29.8 Å². The first kappa shape index (κ1) is 14.1. The lowest BCUT2D eigenvalue weighted by Gasteiger charge is -2.13. The molecule has 1 aromatic heterocycles. The Labute approximate surface area is 127 Å². The Kier molecular flexibility index (Phi) is 3.55. The largest absolute Gasteiger partial charge is 0.420 e. The van der Waals surface area contributed by atoms with Crippen molar-refractivity contribution in [1.29, 1.82) is 0 Å². The van der Waals surface area contributed by atoms with Crippen LogP contribution < -0.4 is 11.1 Å². The molecule has 1 atom stereocenters. The van der Waals surface area contributed by atoms with Crippen molar-refractivity contribution in [1.82, 2.24) is 4.57 Å². The number of aromatic nitrogens is 1. The van der Waals surface area contributed by atoms with Gasteiger partial charge in [-0.25, -0.2) is 4.79 Å². The highest BCUT2D eigenvalue weighted by atomic mass is 16.4. The number of rotatable bonds is 3. The van der Waals surface area contributed by atoms with E-state index in [1.807, 2.05) is 31.2 Å². The molecule has 5 nitrogen and oxygen atoms in total. The van der Waals surface area contributed by atoms with Crippen LogP contribution in [0.3, 0.4) is 0 Å². The molecule has 0 radical (unpaired) electrons. The fourth-order valence-corrected chi connectivity index (χ4v) is 2.35. The third-order valence-corrected chi connectivity index (χ3v) is 3.60. The number of amides is 1. The van der Waals surface area contributed by atoms with Gasteiger partial charge in [0.2, 0.25) is 5.91 Å². The van der Waals surface area contributed by atoms with Crippen LogP contribution in [0.25, 0.3) is 11.1 Å². The molecule has 0 aliphatic carbocycles. The second-order valence-corrected chi connectivity index (χ2v) is 5.24. The predicted octanol–water partition coefficient (Wildman–Crippen LogP) is 3.10. The van der Waals surface area contributed by atoms with Crippen molar-refractivity contribution < 1.29 is 9.21 Å².